The summed E-state index contributed by atoms with van der Waals surface area (Å²) in [6.07, 6.45) is 0. The molecule has 3 aromatic heterocycles. The molecule has 1 N–H and O–H groups in total. The molecule has 0 bridgehead atoms. The third kappa shape index (κ3) is 5.77. The summed E-state index contributed by atoms with van der Waals surface area (Å²) >= 11 is 0. The Kier molecular flexibility index (Phi) is 8.84. The maximum Gasteiger partial charge on any atom is 0.239 e. The third-order valence-corrected chi connectivity index (χ3v) is 10.5. The van der Waals surface area contributed by atoms with E-state index in [0.29, 0.717) is 17.5 Å². The van der Waals surface area contributed by atoms with Gasteiger partial charge in [0, 0.05) is 54.5 Å². The van der Waals surface area contributed by atoms with E-state index in [9.17, 15) is 5.11 Å². The van der Waals surface area contributed by atoms with E-state index in [4.69, 9.17) is 15.0 Å². The van der Waals surface area contributed by atoms with Crippen LogP contribution >= 0.6 is 0 Å². The van der Waals surface area contributed by atoms with Gasteiger partial charge in [-0.25, -0.2) is 15.0 Å². The number of rotatable bonds is 9. The summed E-state index contributed by atoms with van der Waals surface area (Å²) in [5, 5.41) is 14.2. The Hall–Kier alpha value is -7.09. The molecule has 6 aromatic carbocycles. The molecule has 0 aliphatic rings. The minimum Gasteiger partial charge on any atom is -0.368 e. The number of nitrogens with zero attached hydrogens (tertiary/aromatic N) is 6. The molecule has 0 aliphatic carbocycles. The zero-order chi connectivity index (χ0) is 38.2. The van der Waals surface area contributed by atoms with Gasteiger partial charge in [0.2, 0.25) is 5.60 Å². The first-order chi connectivity index (χ1) is 27.4. The van der Waals surface area contributed by atoms with E-state index in [1.165, 1.54) is 0 Å². The first-order valence-corrected chi connectivity index (χ1v) is 18.7. The van der Waals surface area contributed by atoms with Crippen molar-refractivity contribution in [2.45, 2.75) is 5.60 Å². The zero-order valence-corrected chi connectivity index (χ0v) is 31.5. The molecule has 0 amide bonds. The molecule has 0 aliphatic heterocycles. The summed E-state index contributed by atoms with van der Waals surface area (Å²) in [7, 11) is 5.92. The van der Waals surface area contributed by atoms with Crippen molar-refractivity contribution < 1.29 is 5.11 Å². The van der Waals surface area contributed by atoms with Gasteiger partial charge < -0.3 is 18.8 Å². The molecule has 7 heteroatoms. The standard InChI is InChI=1S/C49H40N6O/c1-53-43(37-28-16-7-17-29-37)40(34-22-10-4-11-23-34)50-46(53)49(56,47-51-41(35-24-12-5-13-25-35)44(54(47)2)38-30-18-8-19-31-38)48-52-42(36-26-14-6-15-27-36)45(55(48)3)39-32-20-9-21-33-39/h4-33,56H,1-3H3. The van der Waals surface area contributed by atoms with Crippen molar-refractivity contribution in [3.63, 3.8) is 0 Å². The van der Waals surface area contributed by atoms with Crippen molar-refractivity contribution >= 4 is 0 Å². The topological polar surface area (TPSA) is 73.7 Å². The highest BCUT2D eigenvalue weighted by molar-refractivity contribution is 5.83. The molecule has 0 spiro atoms. The van der Waals surface area contributed by atoms with E-state index in [2.05, 4.69) is 72.8 Å². The molecule has 0 saturated heterocycles. The second-order valence-electron chi connectivity index (χ2n) is 14.0. The fraction of sp³-hybridized carbons (Fsp3) is 0.0816. The number of hydrogen-bond acceptors (Lipinski definition) is 4. The number of aliphatic hydroxyl groups is 1. The van der Waals surface area contributed by atoms with E-state index in [-0.39, 0.29) is 0 Å². The van der Waals surface area contributed by atoms with E-state index >= 15 is 0 Å². The van der Waals surface area contributed by atoms with Gasteiger partial charge in [0.1, 0.15) is 0 Å². The van der Waals surface area contributed by atoms with Crippen LogP contribution in [-0.2, 0) is 26.7 Å². The Labute approximate surface area is 326 Å². The number of hydrogen-bond donors (Lipinski definition) is 1. The lowest BCUT2D eigenvalue weighted by Gasteiger charge is -2.27. The minimum atomic E-state index is -1.98. The molecule has 9 rings (SSSR count). The quantitative estimate of drug-likeness (QED) is 0.161. The average Bonchev–Trinajstić information content (AvgIpc) is 3.93. The summed E-state index contributed by atoms with van der Waals surface area (Å²) in [5.74, 6) is 1.15. The molecular weight excluding hydrogens is 689 g/mol. The van der Waals surface area contributed by atoms with Crippen molar-refractivity contribution in [2.24, 2.45) is 21.1 Å². The molecule has 0 fully saturated rings. The van der Waals surface area contributed by atoms with Gasteiger partial charge >= 0.3 is 0 Å². The van der Waals surface area contributed by atoms with Crippen LogP contribution in [0.1, 0.15) is 17.5 Å². The van der Waals surface area contributed by atoms with Crippen LogP contribution in [0.5, 0.6) is 0 Å². The fourth-order valence-corrected chi connectivity index (χ4v) is 7.94. The predicted octanol–water partition coefficient (Wildman–Crippen LogP) is 10.2. The highest BCUT2D eigenvalue weighted by Gasteiger charge is 2.48. The average molecular weight is 729 g/mol. The molecule has 0 saturated carbocycles. The van der Waals surface area contributed by atoms with Crippen molar-refractivity contribution in [1.29, 1.82) is 0 Å². The first-order valence-electron chi connectivity index (χ1n) is 18.7. The van der Waals surface area contributed by atoms with E-state index < -0.39 is 5.60 Å². The first kappa shape index (κ1) is 34.7. The molecule has 9 aromatic rings. The van der Waals surface area contributed by atoms with Crippen LogP contribution in [0.2, 0.25) is 0 Å². The summed E-state index contributed by atoms with van der Waals surface area (Å²) in [6.45, 7) is 0. The molecule has 56 heavy (non-hydrogen) atoms. The Morgan fingerprint density at radius 2 is 0.518 bits per heavy atom. The summed E-state index contributed by atoms with van der Waals surface area (Å²) in [4.78, 5) is 16.3. The van der Waals surface area contributed by atoms with Crippen LogP contribution in [-0.4, -0.2) is 33.8 Å². The van der Waals surface area contributed by atoms with Crippen LogP contribution in [0.3, 0.4) is 0 Å². The minimum absolute atomic E-state index is 0.384. The molecule has 0 radical (unpaired) electrons. The largest absolute Gasteiger partial charge is 0.368 e. The van der Waals surface area contributed by atoms with Crippen LogP contribution in [0.25, 0.3) is 67.5 Å². The lowest BCUT2D eigenvalue weighted by molar-refractivity contribution is 0.0873. The van der Waals surface area contributed by atoms with Crippen molar-refractivity contribution in [3.8, 4) is 67.5 Å². The lowest BCUT2D eigenvalue weighted by atomic mass is 10.00. The van der Waals surface area contributed by atoms with Crippen LogP contribution in [0.4, 0.5) is 0 Å². The Morgan fingerprint density at radius 3 is 0.732 bits per heavy atom. The second-order valence-corrected chi connectivity index (χ2v) is 14.0. The zero-order valence-electron chi connectivity index (χ0n) is 31.5. The fourth-order valence-electron chi connectivity index (χ4n) is 7.94. The summed E-state index contributed by atoms with van der Waals surface area (Å²) in [5.41, 5.74) is 8.56. The van der Waals surface area contributed by atoms with Gasteiger partial charge in [-0.05, 0) is 0 Å². The molecule has 3 heterocycles. The second kappa shape index (κ2) is 14.3. The number of benzene rings is 6. The predicted molar refractivity (Wildman–Crippen MR) is 224 cm³/mol. The van der Waals surface area contributed by atoms with Gasteiger partial charge in [-0.15, -0.1) is 0 Å². The van der Waals surface area contributed by atoms with Gasteiger partial charge in [-0.1, -0.05) is 182 Å². The SMILES string of the molecule is Cn1c(C(O)(c2nc(-c3ccccc3)c(-c3ccccc3)n2C)c2nc(-c3ccccc3)c(-c3ccccc3)n2C)nc(-c2ccccc2)c1-c1ccccc1. The van der Waals surface area contributed by atoms with Gasteiger partial charge in [-0.3, -0.25) is 0 Å². The smallest absolute Gasteiger partial charge is 0.239 e. The molecule has 0 unspecified atom stereocenters. The highest BCUT2D eigenvalue weighted by Crippen LogP contribution is 2.45. The molecule has 0 atom stereocenters. The lowest BCUT2D eigenvalue weighted by Crippen LogP contribution is -2.38. The maximum atomic E-state index is 14.2. The van der Waals surface area contributed by atoms with E-state index in [1.54, 1.807) is 0 Å². The molecular formula is C49H40N6O. The Bertz CT molecular complexity index is 2450. The van der Waals surface area contributed by atoms with Crippen LogP contribution < -0.4 is 0 Å². The summed E-state index contributed by atoms with van der Waals surface area (Å²) < 4.78 is 6.03. The van der Waals surface area contributed by atoms with Gasteiger partial charge in [0.15, 0.2) is 17.5 Å². The van der Waals surface area contributed by atoms with Crippen molar-refractivity contribution in [3.05, 3.63) is 199 Å². The molecule has 272 valence electrons. The normalized spacial score (nSPS) is 11.6. The van der Waals surface area contributed by atoms with E-state index in [1.807, 2.05) is 144 Å². The Balaban J connectivity index is 1.42. The number of imidazole rings is 3. The van der Waals surface area contributed by atoms with E-state index in [0.717, 1.165) is 67.5 Å². The van der Waals surface area contributed by atoms with Crippen molar-refractivity contribution in [1.82, 2.24) is 28.7 Å². The highest BCUT2D eigenvalue weighted by atomic mass is 16.3. The van der Waals surface area contributed by atoms with Crippen LogP contribution in [0.15, 0.2) is 182 Å². The van der Waals surface area contributed by atoms with Crippen molar-refractivity contribution in [2.75, 3.05) is 0 Å². The maximum absolute atomic E-state index is 14.2. The van der Waals surface area contributed by atoms with Gasteiger partial charge in [-0.2, -0.15) is 0 Å². The molecule has 7 nitrogen and oxygen atoms in total. The third-order valence-electron chi connectivity index (χ3n) is 10.5. The van der Waals surface area contributed by atoms with Gasteiger partial charge in [0.25, 0.3) is 0 Å². The Morgan fingerprint density at radius 1 is 0.321 bits per heavy atom. The van der Waals surface area contributed by atoms with Gasteiger partial charge in [0.05, 0.1) is 34.2 Å². The monoisotopic (exact) mass is 728 g/mol. The summed E-state index contributed by atoms with van der Waals surface area (Å²) in [6, 6.07) is 61.1. The van der Waals surface area contributed by atoms with Crippen LogP contribution in [0, 0.1) is 0 Å². The number of aromatic nitrogens is 6.